The highest BCUT2D eigenvalue weighted by atomic mass is 19.1. The van der Waals surface area contributed by atoms with Crippen LogP contribution in [0.1, 0.15) is 31.0 Å². The lowest BCUT2D eigenvalue weighted by molar-refractivity contribution is -0.139. The van der Waals surface area contributed by atoms with Crippen molar-refractivity contribution in [1.29, 1.82) is 0 Å². The van der Waals surface area contributed by atoms with Gasteiger partial charge in [0.15, 0.2) is 0 Å². The average molecular weight is 372 g/mol. The number of benzene rings is 1. The third-order valence-corrected chi connectivity index (χ3v) is 4.77. The first-order chi connectivity index (χ1) is 13.0. The number of carbonyl (C=O) groups is 1. The number of nitrogens with zero attached hydrogens (tertiary/aromatic N) is 4. The molecule has 0 N–H and O–H groups in total. The Labute approximate surface area is 159 Å². The van der Waals surface area contributed by atoms with Gasteiger partial charge in [0, 0.05) is 39.5 Å². The molecule has 0 spiro atoms. The van der Waals surface area contributed by atoms with Gasteiger partial charge in [-0.1, -0.05) is 12.1 Å². The number of piperidine rings is 1. The largest absolute Gasteiger partial charge is 0.375 e. The van der Waals surface area contributed by atoms with Gasteiger partial charge in [-0.15, -0.1) is 0 Å². The molecule has 1 aromatic heterocycles. The van der Waals surface area contributed by atoms with Gasteiger partial charge in [-0.3, -0.25) is 4.79 Å². The van der Waals surface area contributed by atoms with Crippen LogP contribution in [0.2, 0.25) is 0 Å². The minimum absolute atomic E-state index is 0.0442. The van der Waals surface area contributed by atoms with E-state index in [0.717, 1.165) is 36.1 Å². The number of hydrogen-bond donors (Lipinski definition) is 0. The molecule has 1 fully saturated rings. The predicted octanol–water partition coefficient (Wildman–Crippen LogP) is 3.05. The van der Waals surface area contributed by atoms with E-state index >= 15 is 0 Å². The van der Waals surface area contributed by atoms with Gasteiger partial charge in [0.25, 0.3) is 0 Å². The Morgan fingerprint density at radius 2 is 2.04 bits per heavy atom. The first-order valence-corrected chi connectivity index (χ1v) is 9.10. The van der Waals surface area contributed by atoms with Gasteiger partial charge in [-0.2, -0.15) is 0 Å². The average Bonchev–Trinajstić information content (AvgIpc) is 2.68. The van der Waals surface area contributed by atoms with Crippen LogP contribution in [0.5, 0.6) is 0 Å². The van der Waals surface area contributed by atoms with Crippen LogP contribution in [0.25, 0.3) is 11.1 Å². The number of anilines is 1. The Hall–Kier alpha value is -2.54. The van der Waals surface area contributed by atoms with E-state index in [1.54, 1.807) is 18.3 Å². The number of carbonyl (C=O) groups excluding carboxylic acids is 1. The van der Waals surface area contributed by atoms with Crippen LogP contribution in [0, 0.1) is 5.82 Å². The molecular weight excluding hydrogens is 347 g/mol. The maximum absolute atomic E-state index is 13.4. The Morgan fingerprint density at radius 3 is 2.70 bits per heavy atom. The maximum atomic E-state index is 13.4. The number of hydrogen-bond acceptors (Lipinski definition) is 5. The monoisotopic (exact) mass is 372 g/mol. The van der Waals surface area contributed by atoms with E-state index in [1.165, 1.54) is 19.2 Å². The van der Waals surface area contributed by atoms with Crippen molar-refractivity contribution in [3.63, 3.8) is 0 Å². The molecule has 0 saturated carbocycles. The maximum Gasteiger partial charge on any atom is 0.249 e. The summed E-state index contributed by atoms with van der Waals surface area (Å²) in [6, 6.07) is 6.14. The van der Waals surface area contributed by atoms with Crippen LogP contribution in [0.3, 0.4) is 0 Å². The second kappa shape index (κ2) is 8.43. The number of halogens is 1. The Morgan fingerprint density at radius 1 is 1.30 bits per heavy atom. The number of likely N-dealkylation sites (tertiary alicyclic amines) is 1. The molecule has 0 unspecified atom stereocenters. The molecule has 2 heterocycles. The number of methoxy groups -OCH3 is 1. The molecule has 0 aliphatic carbocycles. The molecule has 0 bridgehead atoms. The quantitative estimate of drug-likeness (QED) is 0.807. The first kappa shape index (κ1) is 19.2. The predicted molar refractivity (Wildman–Crippen MR) is 102 cm³/mol. The third kappa shape index (κ3) is 4.24. The van der Waals surface area contributed by atoms with Crippen LogP contribution in [-0.2, 0) is 9.53 Å². The van der Waals surface area contributed by atoms with Crippen LogP contribution >= 0.6 is 0 Å². The molecule has 1 saturated heterocycles. The number of aromatic nitrogens is 2. The molecule has 0 radical (unpaired) electrons. The summed E-state index contributed by atoms with van der Waals surface area (Å²) in [4.78, 5) is 25.5. The molecule has 1 atom stereocenters. The lowest BCUT2D eigenvalue weighted by Crippen LogP contribution is -2.41. The second-order valence-corrected chi connectivity index (χ2v) is 6.90. The van der Waals surface area contributed by atoms with Crippen molar-refractivity contribution in [2.75, 3.05) is 39.3 Å². The summed E-state index contributed by atoms with van der Waals surface area (Å²) >= 11 is 0. The van der Waals surface area contributed by atoms with Gasteiger partial charge in [0.05, 0.1) is 11.7 Å². The topological polar surface area (TPSA) is 58.6 Å². The van der Waals surface area contributed by atoms with Crippen LogP contribution in [0.15, 0.2) is 30.5 Å². The minimum atomic E-state index is -0.291. The molecule has 1 aliphatic rings. The number of amides is 1. The van der Waals surface area contributed by atoms with Gasteiger partial charge in [-0.25, -0.2) is 14.4 Å². The van der Waals surface area contributed by atoms with E-state index in [1.807, 2.05) is 23.9 Å². The van der Waals surface area contributed by atoms with E-state index in [4.69, 9.17) is 9.72 Å². The number of rotatable bonds is 5. The Kier molecular flexibility index (Phi) is 6.01. The van der Waals surface area contributed by atoms with Crippen molar-refractivity contribution < 1.29 is 13.9 Å². The van der Waals surface area contributed by atoms with Crippen molar-refractivity contribution >= 4 is 11.9 Å². The van der Waals surface area contributed by atoms with E-state index < -0.39 is 0 Å². The van der Waals surface area contributed by atoms with E-state index in [2.05, 4.69) is 4.98 Å². The highest BCUT2D eigenvalue weighted by Crippen LogP contribution is 2.36. The molecule has 7 heteroatoms. The normalized spacial score (nSPS) is 17.0. The first-order valence-electron chi connectivity index (χ1n) is 9.10. The highest BCUT2D eigenvalue weighted by Gasteiger charge is 2.31. The molecular formula is C20H25FN4O2. The molecule has 3 rings (SSSR count). The molecule has 27 heavy (non-hydrogen) atoms. The minimum Gasteiger partial charge on any atom is -0.375 e. The van der Waals surface area contributed by atoms with Crippen molar-refractivity contribution in [2.24, 2.45) is 0 Å². The summed E-state index contributed by atoms with van der Waals surface area (Å²) in [6.07, 6.45) is 4.57. The summed E-state index contributed by atoms with van der Waals surface area (Å²) < 4.78 is 18.4. The third-order valence-electron chi connectivity index (χ3n) is 4.77. The SMILES string of the molecule is COCC(=O)N1CCCC[C@H]1c1nc(N(C)C)ncc1-c1ccc(F)cc1. The van der Waals surface area contributed by atoms with E-state index in [9.17, 15) is 9.18 Å². The van der Waals surface area contributed by atoms with Crippen LogP contribution < -0.4 is 4.90 Å². The molecule has 1 aliphatic heterocycles. The van der Waals surface area contributed by atoms with Gasteiger partial charge in [0.1, 0.15) is 12.4 Å². The smallest absolute Gasteiger partial charge is 0.249 e. The fourth-order valence-corrected chi connectivity index (χ4v) is 3.43. The summed E-state index contributed by atoms with van der Waals surface area (Å²) in [7, 11) is 5.28. The highest BCUT2D eigenvalue weighted by molar-refractivity contribution is 5.78. The Bertz CT molecular complexity index is 795. The van der Waals surface area contributed by atoms with Crippen molar-refractivity contribution in [3.8, 4) is 11.1 Å². The van der Waals surface area contributed by atoms with Crippen LogP contribution in [0.4, 0.5) is 10.3 Å². The van der Waals surface area contributed by atoms with Crippen molar-refractivity contribution in [2.45, 2.75) is 25.3 Å². The zero-order valence-corrected chi connectivity index (χ0v) is 16.0. The zero-order chi connectivity index (χ0) is 19.4. The molecule has 1 amide bonds. The molecule has 6 nitrogen and oxygen atoms in total. The zero-order valence-electron chi connectivity index (χ0n) is 16.0. The van der Waals surface area contributed by atoms with E-state index in [0.29, 0.717) is 12.5 Å². The lowest BCUT2D eigenvalue weighted by Gasteiger charge is -2.36. The molecule has 2 aromatic rings. The van der Waals surface area contributed by atoms with Gasteiger partial charge in [-0.05, 0) is 37.0 Å². The summed E-state index contributed by atoms with van der Waals surface area (Å²) in [5, 5.41) is 0. The summed E-state index contributed by atoms with van der Waals surface area (Å²) in [5.41, 5.74) is 2.45. The van der Waals surface area contributed by atoms with Gasteiger partial charge in [0.2, 0.25) is 11.9 Å². The van der Waals surface area contributed by atoms with E-state index in [-0.39, 0.29) is 24.4 Å². The standard InChI is InChI=1S/C20H25FN4O2/c1-24(2)20-22-12-16(14-7-9-15(21)10-8-14)19(23-20)17-6-4-5-11-25(17)18(26)13-27-3/h7-10,12,17H,4-6,11,13H2,1-3H3/t17-/m0/s1. The Balaban J connectivity index is 2.08. The summed E-state index contributed by atoms with van der Waals surface area (Å²) in [5.74, 6) is 0.249. The number of ether oxygens (including phenoxy) is 1. The van der Waals surface area contributed by atoms with Gasteiger partial charge < -0.3 is 14.5 Å². The van der Waals surface area contributed by atoms with Gasteiger partial charge >= 0.3 is 0 Å². The molecule has 144 valence electrons. The van der Waals surface area contributed by atoms with Crippen LogP contribution in [-0.4, -0.2) is 55.1 Å². The second-order valence-electron chi connectivity index (χ2n) is 6.90. The fourth-order valence-electron chi connectivity index (χ4n) is 3.43. The fraction of sp³-hybridized carbons (Fsp3) is 0.450. The van der Waals surface area contributed by atoms with Crippen molar-refractivity contribution in [3.05, 3.63) is 42.0 Å². The van der Waals surface area contributed by atoms with Crippen molar-refractivity contribution in [1.82, 2.24) is 14.9 Å². The lowest BCUT2D eigenvalue weighted by atomic mass is 9.93. The molecule has 1 aromatic carbocycles. The summed E-state index contributed by atoms with van der Waals surface area (Å²) in [6.45, 7) is 0.727.